The van der Waals surface area contributed by atoms with E-state index in [9.17, 15) is 9.90 Å². The summed E-state index contributed by atoms with van der Waals surface area (Å²) in [6.07, 6.45) is 5.03. The van der Waals surface area contributed by atoms with Crippen molar-refractivity contribution in [2.45, 2.75) is 6.54 Å². The number of carboxylic acid groups (broad SMARTS) is 1. The van der Waals surface area contributed by atoms with Gasteiger partial charge in [-0.1, -0.05) is 10.4 Å². The molecule has 0 fully saturated rings. The fourth-order valence-corrected chi connectivity index (χ4v) is 2.00. The molecule has 3 aromatic rings. The summed E-state index contributed by atoms with van der Waals surface area (Å²) in [7, 11) is 3.52. The fourth-order valence-electron chi connectivity index (χ4n) is 2.00. The van der Waals surface area contributed by atoms with Gasteiger partial charge in [-0.25, -0.2) is 14.5 Å². The first-order valence-corrected chi connectivity index (χ1v) is 6.06. The lowest BCUT2D eigenvalue weighted by molar-refractivity contribution is 0.0691. The first-order chi connectivity index (χ1) is 10.1. The van der Waals surface area contributed by atoms with Crippen molar-refractivity contribution in [2.24, 2.45) is 14.1 Å². The predicted molar refractivity (Wildman–Crippen MR) is 69.3 cm³/mol. The zero-order valence-electron chi connectivity index (χ0n) is 11.4. The minimum atomic E-state index is -1.15. The predicted octanol–water partition coefficient (Wildman–Crippen LogP) is -0.446. The molecule has 3 heterocycles. The minimum Gasteiger partial charge on any atom is -0.476 e. The zero-order valence-corrected chi connectivity index (χ0v) is 11.4. The molecule has 0 aliphatic rings. The van der Waals surface area contributed by atoms with Gasteiger partial charge in [-0.15, -0.1) is 10.2 Å². The number of aryl methyl sites for hydroxylation is 2. The van der Waals surface area contributed by atoms with Gasteiger partial charge < -0.3 is 9.67 Å². The average Bonchev–Trinajstić information content (AvgIpc) is 3.11. The van der Waals surface area contributed by atoms with Crippen LogP contribution in [0.1, 0.15) is 16.2 Å². The Hall–Kier alpha value is -3.04. The third-order valence-electron chi connectivity index (χ3n) is 2.93. The number of nitrogens with zero attached hydrogens (tertiary/aromatic N) is 8. The van der Waals surface area contributed by atoms with E-state index in [0.717, 1.165) is 0 Å². The van der Waals surface area contributed by atoms with Crippen molar-refractivity contribution in [2.75, 3.05) is 0 Å². The van der Waals surface area contributed by atoms with Gasteiger partial charge in [-0.05, 0) is 0 Å². The van der Waals surface area contributed by atoms with Gasteiger partial charge in [0.05, 0.1) is 12.7 Å². The molecule has 0 saturated carbocycles. The third kappa shape index (κ3) is 2.26. The van der Waals surface area contributed by atoms with Crippen molar-refractivity contribution in [1.29, 1.82) is 0 Å². The highest BCUT2D eigenvalue weighted by Gasteiger charge is 2.23. The number of carbonyl (C=O) groups is 1. The molecule has 3 rings (SSSR count). The third-order valence-corrected chi connectivity index (χ3v) is 2.93. The fraction of sp³-hybridized carbons (Fsp3) is 0.273. The Bertz CT molecular complexity index is 799. The Kier molecular flexibility index (Phi) is 2.97. The van der Waals surface area contributed by atoms with Crippen LogP contribution in [0.2, 0.25) is 0 Å². The minimum absolute atomic E-state index is 0.145. The van der Waals surface area contributed by atoms with E-state index in [1.54, 1.807) is 41.9 Å². The topological polar surface area (TPSA) is 117 Å². The molecule has 0 bridgehead atoms. The lowest BCUT2D eigenvalue weighted by Crippen LogP contribution is -2.09. The Morgan fingerprint density at radius 1 is 1.29 bits per heavy atom. The molecule has 108 valence electrons. The van der Waals surface area contributed by atoms with Gasteiger partial charge in [0.15, 0.2) is 5.82 Å². The number of hydrogen-bond donors (Lipinski definition) is 1. The van der Waals surface area contributed by atoms with Gasteiger partial charge in [0, 0.05) is 26.5 Å². The van der Waals surface area contributed by atoms with Gasteiger partial charge in [0.2, 0.25) is 5.69 Å². The standard InChI is InChI=1S/C11H12N8O2/c1-17-4-3-12-10(17)9-8(11(20)21)14-16-19(9)6-7-5-18(2)15-13-7/h3-5H,6H2,1-2H3,(H,20,21). The number of aromatic nitrogens is 8. The highest BCUT2D eigenvalue weighted by molar-refractivity contribution is 5.91. The van der Waals surface area contributed by atoms with Crippen molar-refractivity contribution in [3.8, 4) is 11.5 Å². The van der Waals surface area contributed by atoms with Crippen LogP contribution < -0.4 is 0 Å². The van der Waals surface area contributed by atoms with E-state index < -0.39 is 5.97 Å². The maximum absolute atomic E-state index is 11.3. The van der Waals surface area contributed by atoms with Gasteiger partial charge >= 0.3 is 5.97 Å². The molecule has 0 atom stereocenters. The van der Waals surface area contributed by atoms with Crippen LogP contribution in [0, 0.1) is 0 Å². The van der Waals surface area contributed by atoms with Crippen LogP contribution in [-0.2, 0) is 20.6 Å². The molecule has 0 aliphatic carbocycles. The SMILES string of the molecule is Cn1cc(Cn2nnc(C(=O)O)c2-c2nccn2C)nn1. The summed E-state index contributed by atoms with van der Waals surface area (Å²) in [5.41, 5.74) is 0.837. The second-order valence-electron chi connectivity index (χ2n) is 4.49. The zero-order chi connectivity index (χ0) is 15.0. The summed E-state index contributed by atoms with van der Waals surface area (Å²) in [4.78, 5) is 15.5. The Balaban J connectivity index is 2.09. The second-order valence-corrected chi connectivity index (χ2v) is 4.49. The largest absolute Gasteiger partial charge is 0.476 e. The molecule has 1 N–H and O–H groups in total. The van der Waals surface area contributed by atoms with Gasteiger partial charge in [-0.3, -0.25) is 4.68 Å². The number of hydrogen-bond acceptors (Lipinski definition) is 6. The van der Waals surface area contributed by atoms with Gasteiger partial charge in [0.25, 0.3) is 0 Å². The monoisotopic (exact) mass is 288 g/mol. The molecule has 0 aliphatic heterocycles. The highest BCUT2D eigenvalue weighted by Crippen LogP contribution is 2.20. The summed E-state index contributed by atoms with van der Waals surface area (Å²) in [6, 6.07) is 0. The molecule has 0 spiro atoms. The molecule has 21 heavy (non-hydrogen) atoms. The number of carboxylic acids is 1. The van der Waals surface area contributed by atoms with Gasteiger partial charge in [-0.2, -0.15) is 0 Å². The molecule has 0 unspecified atom stereocenters. The molecule has 0 saturated heterocycles. The highest BCUT2D eigenvalue weighted by atomic mass is 16.4. The van der Waals surface area contributed by atoms with Crippen LogP contribution in [0.5, 0.6) is 0 Å². The summed E-state index contributed by atoms with van der Waals surface area (Å²) >= 11 is 0. The summed E-state index contributed by atoms with van der Waals surface area (Å²) in [5.74, 6) is -0.681. The molecule has 0 radical (unpaired) electrons. The van der Waals surface area contributed by atoms with Crippen molar-refractivity contribution in [3.63, 3.8) is 0 Å². The van der Waals surface area contributed by atoms with Gasteiger partial charge in [0.1, 0.15) is 11.4 Å². The van der Waals surface area contributed by atoms with Crippen LogP contribution >= 0.6 is 0 Å². The van der Waals surface area contributed by atoms with Crippen molar-refractivity contribution in [1.82, 2.24) is 39.5 Å². The number of imidazole rings is 1. The molecular weight excluding hydrogens is 276 g/mol. The Labute approximate surface area is 118 Å². The molecular formula is C11H12N8O2. The van der Waals surface area contributed by atoms with Crippen molar-refractivity contribution < 1.29 is 9.90 Å². The van der Waals surface area contributed by atoms with Crippen LogP contribution in [-0.4, -0.2) is 50.6 Å². The Morgan fingerprint density at radius 2 is 2.10 bits per heavy atom. The van der Waals surface area contributed by atoms with E-state index in [4.69, 9.17) is 0 Å². The lowest BCUT2D eigenvalue weighted by atomic mass is 10.3. The van der Waals surface area contributed by atoms with Crippen molar-refractivity contribution in [3.05, 3.63) is 30.0 Å². The van der Waals surface area contributed by atoms with E-state index >= 15 is 0 Å². The van der Waals surface area contributed by atoms with Crippen LogP contribution in [0.25, 0.3) is 11.5 Å². The molecule has 10 heteroatoms. The molecule has 3 aromatic heterocycles. The quantitative estimate of drug-likeness (QED) is 0.691. The Morgan fingerprint density at radius 3 is 2.67 bits per heavy atom. The van der Waals surface area contributed by atoms with E-state index in [0.29, 0.717) is 17.2 Å². The maximum atomic E-state index is 11.3. The second kappa shape index (κ2) is 4.81. The van der Waals surface area contributed by atoms with Crippen LogP contribution in [0.4, 0.5) is 0 Å². The van der Waals surface area contributed by atoms with Crippen molar-refractivity contribution >= 4 is 5.97 Å². The maximum Gasteiger partial charge on any atom is 0.358 e. The lowest BCUT2D eigenvalue weighted by Gasteiger charge is -2.05. The van der Waals surface area contributed by atoms with E-state index in [1.807, 2.05) is 0 Å². The first kappa shape index (κ1) is 13.0. The summed E-state index contributed by atoms with van der Waals surface area (Å²) in [6.45, 7) is 0.260. The van der Waals surface area contributed by atoms with E-state index in [2.05, 4.69) is 25.6 Å². The molecule has 0 aromatic carbocycles. The van der Waals surface area contributed by atoms with Crippen LogP contribution in [0.3, 0.4) is 0 Å². The summed E-state index contributed by atoms with van der Waals surface area (Å²) < 4.78 is 4.72. The van der Waals surface area contributed by atoms with Crippen LogP contribution in [0.15, 0.2) is 18.6 Å². The van der Waals surface area contributed by atoms with E-state index in [1.165, 1.54) is 4.68 Å². The summed E-state index contributed by atoms with van der Waals surface area (Å²) in [5, 5.41) is 24.7. The number of rotatable bonds is 4. The smallest absolute Gasteiger partial charge is 0.358 e. The average molecular weight is 288 g/mol. The van der Waals surface area contributed by atoms with E-state index in [-0.39, 0.29) is 12.2 Å². The number of aromatic carboxylic acids is 1. The molecule has 10 nitrogen and oxygen atoms in total. The normalized spacial score (nSPS) is 11.0. The molecule has 0 amide bonds. The first-order valence-electron chi connectivity index (χ1n) is 6.06.